The molecule has 5 rings (SSSR count). The maximum absolute atomic E-state index is 14.2. The maximum atomic E-state index is 14.2. The zero-order chi connectivity index (χ0) is 48.8. The molecule has 3 aliphatic rings. The van der Waals surface area contributed by atoms with Crippen LogP contribution in [0.4, 0.5) is 4.79 Å². The van der Waals surface area contributed by atoms with Crippen molar-refractivity contribution in [1.29, 1.82) is 0 Å². The summed E-state index contributed by atoms with van der Waals surface area (Å²) in [5.74, 6) is -4.37. The molecule has 3 fully saturated rings. The van der Waals surface area contributed by atoms with Crippen LogP contribution < -0.4 is 10.6 Å². The Bertz CT molecular complexity index is 1860. The second-order valence-corrected chi connectivity index (χ2v) is 18.0. The number of benzene rings is 1. The van der Waals surface area contributed by atoms with Crippen LogP contribution in [0, 0.1) is 23.7 Å². The number of esters is 2. The third-order valence-corrected chi connectivity index (χ3v) is 13.0. The summed E-state index contributed by atoms with van der Waals surface area (Å²) in [5, 5.41) is 17.4. The van der Waals surface area contributed by atoms with Crippen molar-refractivity contribution in [1.82, 2.24) is 20.5 Å². The number of carbonyl (C=O) groups excluding carboxylic acids is 4. The molecule has 0 saturated carbocycles. The first-order valence-electron chi connectivity index (χ1n) is 23.1. The quantitative estimate of drug-likeness (QED) is 0.0969. The lowest BCUT2D eigenvalue weighted by molar-refractivity contribution is -0.295. The Hall–Kier alpha value is -4.25. The number of aliphatic hydroxyl groups excluding tert-OH is 1. The number of ether oxygens (including phenoxy) is 6. The van der Waals surface area contributed by atoms with Gasteiger partial charge in [-0.2, -0.15) is 0 Å². The monoisotopic (exact) mass is 911 g/mol. The normalized spacial score (nSPS) is 33.8. The lowest BCUT2D eigenvalue weighted by Gasteiger charge is -2.47. The number of rotatable bonds is 10. The molecule has 1 aromatic heterocycles. The number of amides is 1. The molecule has 13 atom stereocenters. The number of likely N-dealkylation sites (N-methyl/N-ethyl adjacent to an activating group) is 1. The summed E-state index contributed by atoms with van der Waals surface area (Å²) in [6.45, 7) is 20.6. The van der Waals surface area contributed by atoms with Crippen LogP contribution in [0.3, 0.4) is 0 Å². The second-order valence-electron chi connectivity index (χ2n) is 18.0. The highest BCUT2D eigenvalue weighted by Gasteiger charge is 2.56. The van der Waals surface area contributed by atoms with Gasteiger partial charge < -0.3 is 49.1 Å². The largest absolute Gasteiger partial charge is 0.462 e. The van der Waals surface area contributed by atoms with Crippen molar-refractivity contribution in [3.63, 3.8) is 0 Å². The number of nitrogens with zero attached hydrogens (tertiary/aromatic N) is 2. The van der Waals surface area contributed by atoms with Crippen molar-refractivity contribution in [2.24, 2.45) is 23.7 Å². The molecule has 3 N–H and O–H groups in total. The summed E-state index contributed by atoms with van der Waals surface area (Å²) < 4.78 is 36.1. The summed E-state index contributed by atoms with van der Waals surface area (Å²) in [7, 11) is 7.24. The van der Waals surface area contributed by atoms with E-state index in [0.717, 1.165) is 17.7 Å². The fraction of sp³-hybridized carbons (Fsp3) is 0.660. The number of hydrogen-bond donors (Lipinski definition) is 3. The van der Waals surface area contributed by atoms with E-state index in [4.69, 9.17) is 28.4 Å². The highest BCUT2D eigenvalue weighted by molar-refractivity contribution is 6.00. The predicted octanol–water partition coefficient (Wildman–Crippen LogP) is 6.89. The van der Waals surface area contributed by atoms with Crippen molar-refractivity contribution >= 4 is 23.8 Å². The minimum Gasteiger partial charge on any atom is -0.462 e. The Morgan fingerprint density at radius 2 is 1.69 bits per heavy atom. The van der Waals surface area contributed by atoms with Crippen molar-refractivity contribution in [2.45, 2.75) is 156 Å². The molecular weight excluding hydrogens is 833 g/mol. The number of pyridine rings is 1. The first kappa shape index (κ1) is 55.1. The number of methoxy groups -OCH3 is 1. The van der Waals surface area contributed by atoms with E-state index >= 15 is 0 Å². The first-order chi connectivity index (χ1) is 30.7. The van der Waals surface area contributed by atoms with Gasteiger partial charge in [0, 0.05) is 50.8 Å². The summed E-state index contributed by atoms with van der Waals surface area (Å²) >= 11 is 0. The molecule has 0 bridgehead atoms. The zero-order valence-electron chi connectivity index (χ0n) is 41.5. The second kappa shape index (κ2) is 25.0. The van der Waals surface area contributed by atoms with Gasteiger partial charge in [0.1, 0.15) is 24.7 Å². The molecule has 15 nitrogen and oxygen atoms in total. The SMILES string of the molecule is CC.CC[C@H]1OC(=O)[C@H](C)C(=O)[C@H](C)[C@@H](O[C@@H]2O[C@H](C)C[C@H](N(C)C)[C@H]2O)[C@](C)(OC)C[C@@H](C)/C(=C\COC(C)=O)[C@H](C)[C@H]2NC(=O)O[C@@]21C.CNCc1ccc(-c2cccnc2)cc1. The Balaban J connectivity index is 0.000000549. The van der Waals surface area contributed by atoms with Gasteiger partial charge in [-0.25, -0.2) is 4.79 Å². The minimum atomic E-state index is -1.27. The van der Waals surface area contributed by atoms with Crippen molar-refractivity contribution < 1.29 is 52.7 Å². The number of cyclic esters (lactones) is 1. The van der Waals surface area contributed by atoms with Gasteiger partial charge in [0.05, 0.1) is 23.9 Å². The smallest absolute Gasteiger partial charge is 0.408 e. The van der Waals surface area contributed by atoms with Crippen LogP contribution in [0.15, 0.2) is 60.4 Å². The van der Waals surface area contributed by atoms with Crippen molar-refractivity contribution in [3.05, 3.63) is 66.0 Å². The average molecular weight is 911 g/mol. The topological polar surface area (TPSA) is 184 Å². The number of hydrogen-bond acceptors (Lipinski definition) is 14. The highest BCUT2D eigenvalue weighted by atomic mass is 16.7. The summed E-state index contributed by atoms with van der Waals surface area (Å²) in [6.07, 6.45) is 1.86. The molecule has 15 heteroatoms. The molecule has 4 heterocycles. The summed E-state index contributed by atoms with van der Waals surface area (Å²) in [6, 6.07) is 11.7. The Labute approximate surface area is 387 Å². The lowest BCUT2D eigenvalue weighted by Crippen LogP contribution is -2.59. The standard InChI is InChI=1S/C35H58N2O11.C13H14N2.C2H6/c1-13-26-35(9)29(36-33(42)48-35)20(4)24(14-15-44-23(7)38)18(2)17-34(8,43-12)30(21(5)27(39)22(6)31(41)46-26)47-32-28(40)25(37(10)11)16-19(3)45-32;1-14-9-11-4-6-12(7-5-11)13-3-2-8-15-10-13;1-2/h14,18-22,25-26,28-30,32,40H,13,15-17H2,1-12H3,(H,36,42);2-8,10,14H,9H2,1H3;1-2H3/b24-14+;;/t18-,19-,20+,21+,22-,25+,26-,28-,29-,30-,32+,34-,35-;;/m1../s1. The number of fused-ring (bicyclic) bond motifs is 1. The molecular formula is C50H78N4O11. The van der Waals surface area contributed by atoms with E-state index in [1.807, 2.05) is 92.8 Å². The number of Topliss-reactive ketones (excluding diaryl/α,β-unsaturated/α-hetero) is 1. The van der Waals surface area contributed by atoms with E-state index in [9.17, 15) is 24.3 Å². The molecule has 0 radical (unpaired) electrons. The van der Waals surface area contributed by atoms with E-state index in [-0.39, 0.29) is 30.6 Å². The van der Waals surface area contributed by atoms with E-state index in [1.165, 1.54) is 32.1 Å². The molecule has 0 spiro atoms. The summed E-state index contributed by atoms with van der Waals surface area (Å²) in [4.78, 5) is 58.4. The molecule has 1 aromatic carbocycles. The van der Waals surface area contributed by atoms with Crippen LogP contribution in [0.1, 0.15) is 101 Å². The Morgan fingerprint density at radius 3 is 2.25 bits per heavy atom. The molecule has 2 aromatic rings. The number of alkyl carbamates (subject to hydrolysis) is 1. The van der Waals surface area contributed by atoms with Gasteiger partial charge in [-0.3, -0.25) is 19.4 Å². The molecule has 1 amide bonds. The number of ketones is 1. The van der Waals surface area contributed by atoms with Crippen LogP contribution in [0.2, 0.25) is 0 Å². The van der Waals surface area contributed by atoms with Gasteiger partial charge in [0.2, 0.25) is 0 Å². The van der Waals surface area contributed by atoms with Crippen molar-refractivity contribution in [3.8, 4) is 11.1 Å². The number of nitrogens with one attached hydrogen (secondary N) is 2. The van der Waals surface area contributed by atoms with Crippen LogP contribution in [-0.4, -0.2) is 128 Å². The minimum absolute atomic E-state index is 0.00821. The lowest BCUT2D eigenvalue weighted by atomic mass is 9.71. The first-order valence-corrected chi connectivity index (χ1v) is 23.1. The zero-order valence-corrected chi connectivity index (χ0v) is 41.5. The fourth-order valence-electron chi connectivity index (χ4n) is 9.43. The van der Waals surface area contributed by atoms with Crippen LogP contribution in [0.5, 0.6) is 0 Å². The van der Waals surface area contributed by atoms with E-state index in [2.05, 4.69) is 45.9 Å². The molecule has 0 aliphatic carbocycles. The maximum Gasteiger partial charge on any atom is 0.408 e. The van der Waals surface area contributed by atoms with Crippen molar-refractivity contribution in [2.75, 3.05) is 34.9 Å². The molecule has 364 valence electrons. The van der Waals surface area contributed by atoms with Crippen LogP contribution in [-0.2, 0) is 49.3 Å². The number of carbonyl (C=O) groups is 4. The molecule has 3 aliphatic heterocycles. The van der Waals surface area contributed by atoms with E-state index < -0.39 is 77.5 Å². The molecule has 65 heavy (non-hydrogen) atoms. The highest BCUT2D eigenvalue weighted by Crippen LogP contribution is 2.43. The predicted molar refractivity (Wildman–Crippen MR) is 249 cm³/mol. The third kappa shape index (κ3) is 13.9. The van der Waals surface area contributed by atoms with Gasteiger partial charge in [0.25, 0.3) is 0 Å². The van der Waals surface area contributed by atoms with Crippen LogP contribution in [0.25, 0.3) is 11.1 Å². The Kier molecular flexibility index (Phi) is 21.2. The fourth-order valence-corrected chi connectivity index (χ4v) is 9.43. The summed E-state index contributed by atoms with van der Waals surface area (Å²) in [5.41, 5.74) is 2.07. The Morgan fingerprint density at radius 1 is 1.03 bits per heavy atom. The number of aromatic nitrogens is 1. The van der Waals surface area contributed by atoms with Gasteiger partial charge in [0.15, 0.2) is 17.7 Å². The van der Waals surface area contributed by atoms with Gasteiger partial charge in [-0.15, -0.1) is 0 Å². The molecule has 3 saturated heterocycles. The average Bonchev–Trinajstić information content (AvgIpc) is 3.60. The van der Waals surface area contributed by atoms with E-state index in [1.54, 1.807) is 20.0 Å². The van der Waals surface area contributed by atoms with Gasteiger partial charge in [-0.1, -0.05) is 77.4 Å². The third-order valence-electron chi connectivity index (χ3n) is 13.0. The van der Waals surface area contributed by atoms with Gasteiger partial charge in [-0.05, 0) is 103 Å². The van der Waals surface area contributed by atoms with E-state index in [0.29, 0.717) is 19.3 Å². The van der Waals surface area contributed by atoms with Crippen LogP contribution >= 0.6 is 0 Å². The number of aliphatic hydroxyl groups is 1. The molecule has 0 unspecified atom stereocenters. The van der Waals surface area contributed by atoms with Gasteiger partial charge >= 0.3 is 18.0 Å².